The summed E-state index contributed by atoms with van der Waals surface area (Å²) in [5.41, 5.74) is 2.30. The normalized spacial score (nSPS) is 18.1. The molecule has 11 nitrogen and oxygen atoms in total. The van der Waals surface area contributed by atoms with Gasteiger partial charge in [-0.05, 0) is 30.7 Å². The minimum Gasteiger partial charge on any atom is -0.340 e. The van der Waals surface area contributed by atoms with Crippen LogP contribution in [0.15, 0.2) is 52.1 Å². The number of anilines is 2. The maximum absolute atomic E-state index is 13.4. The van der Waals surface area contributed by atoms with Gasteiger partial charge in [0, 0.05) is 50.3 Å². The number of nitrogens with zero attached hydrogens (tertiary/aromatic N) is 7. The van der Waals surface area contributed by atoms with Crippen LogP contribution in [0.2, 0.25) is 10.0 Å². The molecule has 42 heavy (non-hydrogen) atoms. The maximum atomic E-state index is 13.4. The number of rotatable bonds is 5. The van der Waals surface area contributed by atoms with Crippen molar-refractivity contribution in [2.24, 2.45) is 14.1 Å². The third kappa shape index (κ3) is 4.81. The first-order valence-electron chi connectivity index (χ1n) is 13.6. The lowest BCUT2D eigenvalue weighted by Gasteiger charge is -2.37. The predicted octanol–water partition coefficient (Wildman–Crippen LogP) is 2.55. The summed E-state index contributed by atoms with van der Waals surface area (Å²) in [6.45, 7) is 4.42. The first-order valence-corrected chi connectivity index (χ1v) is 14.3. The van der Waals surface area contributed by atoms with Gasteiger partial charge < -0.3 is 4.90 Å². The fourth-order valence-electron chi connectivity index (χ4n) is 5.78. The number of aryl methyl sites for hydroxylation is 2. The van der Waals surface area contributed by atoms with Gasteiger partial charge >= 0.3 is 5.69 Å². The molecule has 4 heterocycles. The molecule has 6 rings (SSSR count). The smallest absolute Gasteiger partial charge is 0.332 e. The van der Waals surface area contributed by atoms with Crippen molar-refractivity contribution < 1.29 is 9.59 Å². The van der Waals surface area contributed by atoms with Crippen LogP contribution in [0.4, 0.5) is 11.6 Å². The predicted molar refractivity (Wildman–Crippen MR) is 162 cm³/mol. The lowest BCUT2D eigenvalue weighted by Crippen LogP contribution is -2.53. The van der Waals surface area contributed by atoms with E-state index in [1.165, 1.54) is 11.6 Å². The number of carbonyl (C=O) groups excluding carboxylic acids is 2. The Hall–Kier alpha value is -3.93. The highest BCUT2D eigenvalue weighted by atomic mass is 35.5. The third-order valence-electron chi connectivity index (χ3n) is 8.06. The molecule has 0 N–H and O–H groups in total. The van der Waals surface area contributed by atoms with E-state index >= 15 is 0 Å². The van der Waals surface area contributed by atoms with E-state index in [-0.39, 0.29) is 18.2 Å². The lowest BCUT2D eigenvalue weighted by atomic mass is 10.1. The van der Waals surface area contributed by atoms with Gasteiger partial charge in [0.2, 0.25) is 11.9 Å². The van der Waals surface area contributed by atoms with E-state index in [1.807, 2.05) is 40.7 Å². The second-order valence-electron chi connectivity index (χ2n) is 10.8. The van der Waals surface area contributed by atoms with Gasteiger partial charge in [0.1, 0.15) is 0 Å². The number of piperazine rings is 1. The summed E-state index contributed by atoms with van der Waals surface area (Å²) in [5.74, 6) is -0.0353. The zero-order valence-corrected chi connectivity index (χ0v) is 24.9. The maximum Gasteiger partial charge on any atom is 0.332 e. The Morgan fingerprint density at radius 1 is 0.881 bits per heavy atom. The highest BCUT2D eigenvalue weighted by molar-refractivity contribution is 6.35. The second kappa shape index (κ2) is 10.7. The van der Waals surface area contributed by atoms with Crippen LogP contribution in [0, 0.1) is 6.92 Å². The summed E-state index contributed by atoms with van der Waals surface area (Å²) in [5, 5.41) is 0.687. The number of benzene rings is 2. The van der Waals surface area contributed by atoms with Crippen molar-refractivity contribution in [1.82, 2.24) is 23.6 Å². The van der Waals surface area contributed by atoms with E-state index in [9.17, 15) is 19.2 Å². The number of amides is 2. The van der Waals surface area contributed by atoms with E-state index in [0.29, 0.717) is 65.6 Å². The van der Waals surface area contributed by atoms with Gasteiger partial charge in [0.15, 0.2) is 11.2 Å². The molecule has 0 aliphatic carbocycles. The summed E-state index contributed by atoms with van der Waals surface area (Å²) in [6.07, 6.45) is 0.0626. The summed E-state index contributed by atoms with van der Waals surface area (Å²) in [7, 11) is 3.07. The number of hydrogen-bond donors (Lipinski definition) is 0. The molecule has 2 aliphatic rings. The molecule has 13 heteroatoms. The van der Waals surface area contributed by atoms with Crippen LogP contribution in [-0.2, 0) is 30.2 Å². The first kappa shape index (κ1) is 28.2. The van der Waals surface area contributed by atoms with Crippen LogP contribution in [0.5, 0.6) is 0 Å². The lowest BCUT2D eigenvalue weighted by molar-refractivity contribution is -0.123. The number of imidazole rings is 1. The van der Waals surface area contributed by atoms with Gasteiger partial charge in [-0.2, -0.15) is 4.98 Å². The van der Waals surface area contributed by atoms with Crippen molar-refractivity contribution in [1.29, 1.82) is 0 Å². The van der Waals surface area contributed by atoms with Crippen molar-refractivity contribution in [3.63, 3.8) is 0 Å². The van der Waals surface area contributed by atoms with E-state index in [0.717, 1.165) is 20.6 Å². The molecule has 2 aliphatic heterocycles. The minimum absolute atomic E-state index is 0.0626. The molecule has 2 aromatic heterocycles. The average molecular weight is 611 g/mol. The highest BCUT2D eigenvalue weighted by Crippen LogP contribution is 2.31. The summed E-state index contributed by atoms with van der Waals surface area (Å²) in [4.78, 5) is 62.3. The molecule has 2 fully saturated rings. The monoisotopic (exact) mass is 609 g/mol. The number of hydrogen-bond acceptors (Lipinski definition) is 7. The molecule has 4 aromatic rings. The summed E-state index contributed by atoms with van der Waals surface area (Å²) >= 11 is 12.2. The van der Waals surface area contributed by atoms with Crippen LogP contribution in [0.25, 0.3) is 11.2 Å². The standard InChI is InChI=1S/C29H29Cl2N7O4/c1-17-4-6-18(7-5-17)16-37-24-25(33(2)29(42)34(3)27(24)41)32-28(37)36-10-8-35(9-11-36)22-15-23(39)38(26(22)40)21-13-19(30)12-20(31)14-21/h4-7,12-14,22H,8-11,15-16H2,1-3H3. The molecule has 2 amide bonds. The van der Waals surface area contributed by atoms with E-state index in [2.05, 4.69) is 4.90 Å². The Bertz CT molecular complexity index is 1830. The molecule has 0 bridgehead atoms. The number of imide groups is 1. The second-order valence-corrected chi connectivity index (χ2v) is 11.7. The quantitative estimate of drug-likeness (QED) is 0.320. The fourth-order valence-corrected chi connectivity index (χ4v) is 6.29. The van der Waals surface area contributed by atoms with Crippen molar-refractivity contribution in [3.05, 3.63) is 84.5 Å². The SMILES string of the molecule is Cc1ccc(Cn2c(N3CCN(C4CC(=O)N(c5cc(Cl)cc(Cl)c5)C4=O)CC3)nc3c2c(=O)n(C)c(=O)n3C)cc1. The molecule has 1 atom stereocenters. The molecule has 2 saturated heterocycles. The zero-order valence-electron chi connectivity index (χ0n) is 23.4. The topological polar surface area (TPSA) is 106 Å². The van der Waals surface area contributed by atoms with Gasteiger partial charge in [0.05, 0.1) is 24.7 Å². The van der Waals surface area contributed by atoms with Gasteiger partial charge in [-0.3, -0.25) is 33.0 Å². The summed E-state index contributed by atoms with van der Waals surface area (Å²) in [6, 6.07) is 12.1. The summed E-state index contributed by atoms with van der Waals surface area (Å²) < 4.78 is 4.35. The van der Waals surface area contributed by atoms with Crippen molar-refractivity contribution in [2.45, 2.75) is 25.9 Å². The zero-order chi connectivity index (χ0) is 29.9. The van der Waals surface area contributed by atoms with Crippen molar-refractivity contribution in [2.75, 3.05) is 36.0 Å². The molecule has 0 spiro atoms. The number of aromatic nitrogens is 4. The van der Waals surface area contributed by atoms with Gasteiger partial charge in [-0.25, -0.2) is 9.69 Å². The van der Waals surface area contributed by atoms with Crippen LogP contribution in [-0.4, -0.2) is 67.6 Å². The molecule has 0 radical (unpaired) electrons. The molecular weight excluding hydrogens is 581 g/mol. The fraction of sp³-hybridized carbons (Fsp3) is 0.345. The van der Waals surface area contributed by atoms with Crippen LogP contribution < -0.4 is 21.0 Å². The molecular formula is C29H29Cl2N7O4. The number of fused-ring (bicyclic) bond motifs is 1. The van der Waals surface area contributed by atoms with Crippen molar-refractivity contribution >= 4 is 57.8 Å². The van der Waals surface area contributed by atoms with Crippen LogP contribution in [0.3, 0.4) is 0 Å². The number of carbonyl (C=O) groups is 2. The van der Waals surface area contributed by atoms with Crippen LogP contribution in [0.1, 0.15) is 17.5 Å². The van der Waals surface area contributed by atoms with Gasteiger partial charge in [-0.1, -0.05) is 53.0 Å². The first-order chi connectivity index (χ1) is 20.0. The number of halogens is 2. The van der Waals surface area contributed by atoms with Gasteiger partial charge in [-0.15, -0.1) is 0 Å². The Morgan fingerprint density at radius 2 is 1.52 bits per heavy atom. The molecule has 0 saturated carbocycles. The Kier molecular flexibility index (Phi) is 7.20. The largest absolute Gasteiger partial charge is 0.340 e. The van der Waals surface area contributed by atoms with E-state index in [1.54, 1.807) is 25.2 Å². The van der Waals surface area contributed by atoms with E-state index in [4.69, 9.17) is 28.2 Å². The van der Waals surface area contributed by atoms with E-state index < -0.39 is 17.3 Å². The molecule has 1 unspecified atom stereocenters. The Labute approximate surface area is 251 Å². The Balaban J connectivity index is 1.29. The Morgan fingerprint density at radius 3 is 2.17 bits per heavy atom. The third-order valence-corrected chi connectivity index (χ3v) is 8.49. The average Bonchev–Trinajstić information content (AvgIpc) is 3.48. The molecule has 218 valence electrons. The highest BCUT2D eigenvalue weighted by Gasteiger charge is 2.43. The molecule has 2 aromatic carbocycles. The van der Waals surface area contributed by atoms with Crippen molar-refractivity contribution in [3.8, 4) is 0 Å². The van der Waals surface area contributed by atoms with Crippen LogP contribution >= 0.6 is 23.2 Å². The minimum atomic E-state index is -0.600. The van der Waals surface area contributed by atoms with Gasteiger partial charge in [0.25, 0.3) is 11.5 Å².